The van der Waals surface area contributed by atoms with Gasteiger partial charge in [0, 0.05) is 12.1 Å². The van der Waals surface area contributed by atoms with Gasteiger partial charge in [-0.2, -0.15) is 8.78 Å². The van der Waals surface area contributed by atoms with E-state index < -0.39 is 12.4 Å². The van der Waals surface area contributed by atoms with E-state index in [-0.39, 0.29) is 11.8 Å². The average molecular weight is 219 g/mol. The van der Waals surface area contributed by atoms with Gasteiger partial charge in [0.05, 0.1) is 0 Å². The first kappa shape index (κ1) is 11.8. The van der Waals surface area contributed by atoms with Crippen molar-refractivity contribution in [3.05, 3.63) is 29.6 Å². The van der Waals surface area contributed by atoms with Crippen LogP contribution in [-0.2, 0) is 6.42 Å². The van der Waals surface area contributed by atoms with Crippen LogP contribution in [-0.4, -0.2) is 12.7 Å². The second kappa shape index (κ2) is 5.02. The van der Waals surface area contributed by atoms with Crippen molar-refractivity contribution in [3.8, 4) is 5.75 Å². The van der Waals surface area contributed by atoms with Crippen LogP contribution in [0.5, 0.6) is 5.75 Å². The third-order valence-electron chi connectivity index (χ3n) is 1.79. The van der Waals surface area contributed by atoms with Crippen LogP contribution >= 0.6 is 0 Å². The monoisotopic (exact) mass is 219 g/mol. The Hall–Kier alpha value is -1.23. The lowest BCUT2D eigenvalue weighted by Crippen LogP contribution is -2.18. The summed E-state index contributed by atoms with van der Waals surface area (Å²) in [5, 5.41) is 0. The predicted molar refractivity (Wildman–Crippen MR) is 50.4 cm³/mol. The molecule has 1 aromatic rings. The Labute approximate surface area is 85.8 Å². The maximum atomic E-state index is 13.3. The van der Waals surface area contributed by atoms with Gasteiger partial charge in [-0.15, -0.1) is 0 Å². The molecule has 0 radical (unpaired) electrons. The van der Waals surface area contributed by atoms with Crippen LogP contribution in [0.3, 0.4) is 0 Å². The summed E-state index contributed by atoms with van der Waals surface area (Å²) in [6.07, 6.45) is 0.362. The molecule has 0 aliphatic carbocycles. The van der Waals surface area contributed by atoms with Crippen LogP contribution in [0, 0.1) is 5.82 Å². The Morgan fingerprint density at radius 2 is 2.07 bits per heavy atom. The first-order valence-corrected chi connectivity index (χ1v) is 4.48. The van der Waals surface area contributed by atoms with E-state index in [0.29, 0.717) is 12.0 Å². The van der Waals surface area contributed by atoms with Gasteiger partial charge < -0.3 is 10.5 Å². The SMILES string of the molecule is C[C@H](N)Cc1ccc(OC(F)F)cc1F. The fourth-order valence-electron chi connectivity index (χ4n) is 1.22. The Bertz CT molecular complexity index is 328. The summed E-state index contributed by atoms with van der Waals surface area (Å²) in [7, 11) is 0. The number of nitrogens with two attached hydrogens (primary N) is 1. The number of halogens is 3. The summed E-state index contributed by atoms with van der Waals surface area (Å²) in [6, 6.07) is 3.45. The van der Waals surface area contributed by atoms with Gasteiger partial charge in [0.2, 0.25) is 0 Å². The topological polar surface area (TPSA) is 35.2 Å². The smallest absolute Gasteiger partial charge is 0.387 e. The number of hydrogen-bond acceptors (Lipinski definition) is 2. The molecule has 0 aromatic heterocycles. The third kappa shape index (κ3) is 3.79. The zero-order chi connectivity index (χ0) is 11.4. The second-order valence-electron chi connectivity index (χ2n) is 3.31. The summed E-state index contributed by atoms with van der Waals surface area (Å²) in [4.78, 5) is 0. The van der Waals surface area contributed by atoms with E-state index in [9.17, 15) is 13.2 Å². The van der Waals surface area contributed by atoms with Crippen LogP contribution in [0.1, 0.15) is 12.5 Å². The molecule has 5 heteroatoms. The number of alkyl halides is 2. The molecule has 84 valence electrons. The van der Waals surface area contributed by atoms with Crippen molar-refractivity contribution in [3.63, 3.8) is 0 Å². The van der Waals surface area contributed by atoms with Crippen LogP contribution in [0.4, 0.5) is 13.2 Å². The standard InChI is InChI=1S/C10H12F3NO/c1-6(14)4-7-2-3-8(5-9(7)11)15-10(12)13/h2-3,5-6,10H,4,14H2,1H3/t6-/m0/s1. The highest BCUT2D eigenvalue weighted by Crippen LogP contribution is 2.19. The normalized spacial score (nSPS) is 12.9. The summed E-state index contributed by atoms with van der Waals surface area (Å²) < 4.78 is 40.9. The van der Waals surface area contributed by atoms with Crippen LogP contribution < -0.4 is 10.5 Å². The quantitative estimate of drug-likeness (QED) is 0.843. The van der Waals surface area contributed by atoms with Gasteiger partial charge in [-0.05, 0) is 25.0 Å². The molecule has 2 nitrogen and oxygen atoms in total. The fraction of sp³-hybridized carbons (Fsp3) is 0.400. The third-order valence-corrected chi connectivity index (χ3v) is 1.79. The van der Waals surface area contributed by atoms with Crippen LogP contribution in [0.2, 0.25) is 0 Å². The number of rotatable bonds is 4. The van der Waals surface area contributed by atoms with Gasteiger partial charge >= 0.3 is 6.61 Å². The highest BCUT2D eigenvalue weighted by atomic mass is 19.3. The number of benzene rings is 1. The second-order valence-corrected chi connectivity index (χ2v) is 3.31. The molecular weight excluding hydrogens is 207 g/mol. The van der Waals surface area contributed by atoms with E-state index in [2.05, 4.69) is 4.74 Å². The molecule has 1 aromatic carbocycles. The maximum absolute atomic E-state index is 13.3. The number of hydrogen-bond donors (Lipinski definition) is 1. The van der Waals surface area contributed by atoms with Gasteiger partial charge in [-0.1, -0.05) is 6.07 Å². The van der Waals surface area contributed by atoms with Gasteiger partial charge in [0.1, 0.15) is 11.6 Å². The average Bonchev–Trinajstić information content (AvgIpc) is 2.08. The lowest BCUT2D eigenvalue weighted by molar-refractivity contribution is -0.0500. The van der Waals surface area contributed by atoms with Gasteiger partial charge in [-0.25, -0.2) is 4.39 Å². The largest absolute Gasteiger partial charge is 0.435 e. The minimum Gasteiger partial charge on any atom is -0.435 e. The van der Waals surface area contributed by atoms with E-state index in [0.717, 1.165) is 6.07 Å². The predicted octanol–water partition coefficient (Wildman–Crippen LogP) is 2.32. The van der Waals surface area contributed by atoms with Crippen molar-refractivity contribution in [1.29, 1.82) is 0 Å². The summed E-state index contributed by atoms with van der Waals surface area (Å²) >= 11 is 0. The molecule has 0 fully saturated rings. The van der Waals surface area contributed by atoms with E-state index in [4.69, 9.17) is 5.73 Å². The first-order chi connectivity index (χ1) is 6.99. The molecular formula is C10H12F3NO. The summed E-state index contributed by atoms with van der Waals surface area (Å²) in [5.41, 5.74) is 5.89. The fourth-order valence-corrected chi connectivity index (χ4v) is 1.22. The lowest BCUT2D eigenvalue weighted by Gasteiger charge is -2.09. The highest BCUT2D eigenvalue weighted by molar-refractivity contribution is 5.29. The molecule has 0 aliphatic rings. The Balaban J connectivity index is 2.78. The van der Waals surface area contributed by atoms with Crippen LogP contribution in [0.25, 0.3) is 0 Å². The molecule has 0 spiro atoms. The summed E-state index contributed by atoms with van der Waals surface area (Å²) in [6.45, 7) is -1.20. The molecule has 1 atom stereocenters. The van der Waals surface area contributed by atoms with Crippen molar-refractivity contribution in [2.45, 2.75) is 26.0 Å². The van der Waals surface area contributed by atoms with Gasteiger partial charge in [0.15, 0.2) is 0 Å². The molecule has 15 heavy (non-hydrogen) atoms. The zero-order valence-electron chi connectivity index (χ0n) is 8.21. The molecule has 0 saturated carbocycles. The van der Waals surface area contributed by atoms with E-state index in [1.165, 1.54) is 12.1 Å². The summed E-state index contributed by atoms with van der Waals surface area (Å²) in [5.74, 6) is -0.763. The zero-order valence-corrected chi connectivity index (χ0v) is 8.21. The number of ether oxygens (including phenoxy) is 1. The molecule has 0 heterocycles. The Morgan fingerprint density at radius 3 is 2.53 bits per heavy atom. The van der Waals surface area contributed by atoms with Crippen molar-refractivity contribution in [2.75, 3.05) is 0 Å². The van der Waals surface area contributed by atoms with E-state index in [1.54, 1.807) is 6.92 Å². The minimum atomic E-state index is -2.94. The van der Waals surface area contributed by atoms with E-state index in [1.807, 2.05) is 0 Å². The Morgan fingerprint density at radius 1 is 1.40 bits per heavy atom. The van der Waals surface area contributed by atoms with Crippen molar-refractivity contribution in [1.82, 2.24) is 0 Å². The first-order valence-electron chi connectivity index (χ1n) is 4.48. The van der Waals surface area contributed by atoms with E-state index >= 15 is 0 Å². The molecule has 0 bridgehead atoms. The molecule has 1 rings (SSSR count). The molecule has 0 saturated heterocycles. The molecule has 0 aliphatic heterocycles. The van der Waals surface area contributed by atoms with Crippen molar-refractivity contribution >= 4 is 0 Å². The van der Waals surface area contributed by atoms with Gasteiger partial charge in [0.25, 0.3) is 0 Å². The maximum Gasteiger partial charge on any atom is 0.387 e. The molecule has 0 unspecified atom stereocenters. The van der Waals surface area contributed by atoms with Crippen molar-refractivity contribution < 1.29 is 17.9 Å². The molecule has 0 amide bonds. The van der Waals surface area contributed by atoms with Crippen LogP contribution in [0.15, 0.2) is 18.2 Å². The molecule has 2 N–H and O–H groups in total. The highest BCUT2D eigenvalue weighted by Gasteiger charge is 2.09. The Kier molecular flexibility index (Phi) is 3.96. The van der Waals surface area contributed by atoms with Crippen molar-refractivity contribution in [2.24, 2.45) is 5.73 Å². The lowest BCUT2D eigenvalue weighted by atomic mass is 10.1. The minimum absolute atomic E-state index is 0.179. The van der Waals surface area contributed by atoms with Gasteiger partial charge in [-0.3, -0.25) is 0 Å².